The lowest BCUT2D eigenvalue weighted by atomic mass is 9.89. The molecule has 6 rings (SSSR count). The van der Waals surface area contributed by atoms with Crippen molar-refractivity contribution in [2.24, 2.45) is 5.92 Å². The van der Waals surface area contributed by atoms with Crippen LogP contribution in [0.15, 0.2) is 41.7 Å². The predicted molar refractivity (Wildman–Crippen MR) is 174 cm³/mol. The maximum atomic E-state index is 15.2. The smallest absolute Gasteiger partial charge is 0.350 e. The monoisotopic (exact) mass is 645 g/mol. The largest absolute Gasteiger partial charge is 0.488 e. The van der Waals surface area contributed by atoms with Gasteiger partial charge in [0.15, 0.2) is 5.75 Å². The van der Waals surface area contributed by atoms with E-state index in [1.165, 1.54) is 18.2 Å². The number of amides is 1. The molecule has 0 bridgehead atoms. The summed E-state index contributed by atoms with van der Waals surface area (Å²) >= 11 is 6.87. The molecule has 0 unspecified atom stereocenters. The van der Waals surface area contributed by atoms with Gasteiger partial charge in [0, 0.05) is 47.8 Å². The highest BCUT2D eigenvalue weighted by Gasteiger charge is 2.37. The topological polar surface area (TPSA) is 70.9 Å². The van der Waals surface area contributed by atoms with Crippen LogP contribution in [0.4, 0.5) is 14.6 Å². The highest BCUT2D eigenvalue weighted by molar-refractivity contribution is 7.59. The zero-order chi connectivity index (χ0) is 30.6. The van der Waals surface area contributed by atoms with Crippen LogP contribution in [-0.2, 0) is 4.79 Å². The zero-order valence-electron chi connectivity index (χ0n) is 25.2. The van der Waals surface area contributed by atoms with Crippen molar-refractivity contribution in [2.45, 2.75) is 51.2 Å². The summed E-state index contributed by atoms with van der Waals surface area (Å²) in [6.07, 6.45) is 4.11. The molecule has 0 aliphatic carbocycles. The van der Waals surface area contributed by atoms with Crippen LogP contribution < -0.4 is 15.3 Å². The summed E-state index contributed by atoms with van der Waals surface area (Å²) in [5.41, 5.74) is 0.458. The van der Waals surface area contributed by atoms with Crippen molar-refractivity contribution in [3.63, 3.8) is 0 Å². The molecule has 0 saturated carbocycles. The van der Waals surface area contributed by atoms with E-state index in [9.17, 15) is 14.0 Å². The Morgan fingerprint density at radius 2 is 1.89 bits per heavy atom. The Morgan fingerprint density at radius 3 is 2.57 bits per heavy atom. The third kappa shape index (κ3) is 5.70. The van der Waals surface area contributed by atoms with Crippen LogP contribution in [0.1, 0.15) is 39.2 Å². The number of piperidine rings is 1. The molecule has 1 amide bonds. The second kappa shape index (κ2) is 12.7. The maximum absolute atomic E-state index is 15.2. The predicted octanol–water partition coefficient (Wildman–Crippen LogP) is 5.38. The fourth-order valence-corrected chi connectivity index (χ4v) is 7.22. The first kappa shape index (κ1) is 32.2. The van der Waals surface area contributed by atoms with Gasteiger partial charge in [0.05, 0.1) is 16.6 Å². The van der Waals surface area contributed by atoms with Crippen LogP contribution in [0.25, 0.3) is 22.0 Å². The third-order valence-corrected chi connectivity index (χ3v) is 9.54. The highest BCUT2D eigenvalue weighted by Crippen LogP contribution is 2.48. The second-order valence-electron chi connectivity index (χ2n) is 12.2. The van der Waals surface area contributed by atoms with Crippen molar-refractivity contribution in [1.29, 1.82) is 0 Å². The van der Waals surface area contributed by atoms with E-state index in [0.29, 0.717) is 35.7 Å². The quantitative estimate of drug-likeness (QED) is 0.347. The lowest BCUT2D eigenvalue weighted by Gasteiger charge is -2.45. The Bertz CT molecular complexity index is 1660. The van der Waals surface area contributed by atoms with Crippen LogP contribution >= 0.6 is 25.1 Å². The van der Waals surface area contributed by atoms with Crippen LogP contribution in [0.2, 0.25) is 5.02 Å². The maximum Gasteiger partial charge on any atom is 0.350 e. The summed E-state index contributed by atoms with van der Waals surface area (Å²) < 4.78 is 37.1. The second-order valence-corrected chi connectivity index (χ2v) is 12.6. The SMILES string of the molecule is C=CC(=O)N1C[C@H](C)N(c2nc(=O)n3c4c(c(-c5ccc(F)cc5F)c(Cl)cc24)OC[C@@H]3CC2CCN(C)CC2)C[C@H]1C.S. The van der Waals surface area contributed by atoms with E-state index < -0.39 is 17.3 Å². The summed E-state index contributed by atoms with van der Waals surface area (Å²) in [5.74, 6) is -0.475. The van der Waals surface area contributed by atoms with Gasteiger partial charge < -0.3 is 19.4 Å². The van der Waals surface area contributed by atoms with Gasteiger partial charge in [0.25, 0.3) is 0 Å². The summed E-state index contributed by atoms with van der Waals surface area (Å²) in [5, 5.41) is 0.817. The van der Waals surface area contributed by atoms with Crippen LogP contribution in [0.3, 0.4) is 0 Å². The minimum Gasteiger partial charge on any atom is -0.488 e. The Hall–Kier alpha value is -3.15. The Labute approximate surface area is 267 Å². The Morgan fingerprint density at radius 1 is 1.16 bits per heavy atom. The molecule has 0 spiro atoms. The van der Waals surface area contributed by atoms with Crippen molar-refractivity contribution in [1.82, 2.24) is 19.4 Å². The van der Waals surface area contributed by atoms with E-state index in [1.54, 1.807) is 15.5 Å². The number of hydrogen-bond acceptors (Lipinski definition) is 6. The lowest BCUT2D eigenvalue weighted by molar-refractivity contribution is -0.128. The van der Waals surface area contributed by atoms with Crippen molar-refractivity contribution in [2.75, 3.05) is 44.7 Å². The highest BCUT2D eigenvalue weighted by atomic mass is 35.5. The number of carbonyl (C=O) groups is 1. The van der Waals surface area contributed by atoms with Gasteiger partial charge in [-0.2, -0.15) is 18.5 Å². The van der Waals surface area contributed by atoms with E-state index in [-0.39, 0.29) is 66.0 Å². The van der Waals surface area contributed by atoms with E-state index in [0.717, 1.165) is 38.4 Å². The normalized spacial score (nSPS) is 22.5. The molecule has 4 heterocycles. The standard InChI is InChI=1S/C32H36ClF2N5O3.H2S/c1-5-27(41)38-15-19(3)39(16-18(38)2)31-24-14-25(33)28(23-7-6-21(34)13-26(23)35)30-29(24)40(32(42)36-31)22(17-43-30)12-20-8-10-37(4)11-9-20;/h5-7,13-14,18-20,22H,1,8-12,15-17H2,2-4H3;1H2/t18-,19+,22+;/m1./s1. The molecule has 3 aliphatic heterocycles. The molecular formula is C32H38ClF2N5O3S. The van der Waals surface area contributed by atoms with Gasteiger partial charge in [0.2, 0.25) is 5.91 Å². The molecule has 236 valence electrons. The molecule has 2 fully saturated rings. The number of benzene rings is 2. The molecule has 0 radical (unpaired) electrons. The van der Waals surface area contributed by atoms with Gasteiger partial charge in [-0.15, -0.1) is 0 Å². The fourth-order valence-electron chi connectivity index (χ4n) is 6.92. The molecule has 3 atom stereocenters. The summed E-state index contributed by atoms with van der Waals surface area (Å²) in [6.45, 7) is 10.6. The van der Waals surface area contributed by atoms with Crippen LogP contribution in [0, 0.1) is 17.6 Å². The number of ether oxygens (including phenoxy) is 1. The van der Waals surface area contributed by atoms with Gasteiger partial charge >= 0.3 is 5.69 Å². The van der Waals surface area contributed by atoms with Crippen molar-refractivity contribution < 1.29 is 18.3 Å². The molecule has 3 aliphatic rings. The summed E-state index contributed by atoms with van der Waals surface area (Å²) in [6, 6.07) is 4.44. The van der Waals surface area contributed by atoms with Crippen LogP contribution in [0.5, 0.6) is 5.75 Å². The molecule has 12 heteroatoms. The number of rotatable bonds is 5. The van der Waals surface area contributed by atoms with Crippen molar-refractivity contribution in [3.8, 4) is 16.9 Å². The van der Waals surface area contributed by atoms with E-state index in [4.69, 9.17) is 16.3 Å². The third-order valence-electron chi connectivity index (χ3n) is 9.24. The average molecular weight is 646 g/mol. The molecule has 0 N–H and O–H groups in total. The number of aromatic nitrogens is 2. The molecule has 8 nitrogen and oxygen atoms in total. The molecular weight excluding hydrogens is 608 g/mol. The van der Waals surface area contributed by atoms with Gasteiger partial charge in [-0.1, -0.05) is 18.2 Å². The van der Waals surface area contributed by atoms with Crippen molar-refractivity contribution in [3.05, 3.63) is 64.1 Å². The number of anilines is 1. The minimum atomic E-state index is -0.775. The number of nitrogens with zero attached hydrogens (tertiary/aromatic N) is 5. The van der Waals surface area contributed by atoms with E-state index in [2.05, 4.69) is 23.5 Å². The molecule has 3 aromatic rings. The van der Waals surface area contributed by atoms with Crippen LogP contribution in [-0.4, -0.2) is 77.2 Å². The first-order valence-electron chi connectivity index (χ1n) is 14.8. The Kier molecular flexibility index (Phi) is 9.30. The molecule has 1 aromatic heterocycles. The van der Waals surface area contributed by atoms with Gasteiger partial charge in [-0.05, 0) is 83.4 Å². The Balaban J connectivity index is 0.00000384. The number of likely N-dealkylation sites (tertiary alicyclic amines) is 1. The van der Waals surface area contributed by atoms with E-state index >= 15 is 4.39 Å². The number of piperazine rings is 1. The lowest BCUT2D eigenvalue weighted by Crippen LogP contribution is -2.58. The summed E-state index contributed by atoms with van der Waals surface area (Å²) in [4.78, 5) is 37.2. The first-order valence-corrected chi connectivity index (χ1v) is 15.2. The van der Waals surface area contributed by atoms with Crippen molar-refractivity contribution >= 4 is 47.7 Å². The minimum absolute atomic E-state index is 0. The molecule has 44 heavy (non-hydrogen) atoms. The van der Waals surface area contributed by atoms with E-state index in [1.807, 2.05) is 18.7 Å². The molecule has 2 aromatic carbocycles. The fraction of sp³-hybridized carbons (Fsp3) is 0.469. The van der Waals surface area contributed by atoms with Gasteiger partial charge in [0.1, 0.15) is 24.1 Å². The zero-order valence-corrected chi connectivity index (χ0v) is 26.9. The first-order chi connectivity index (χ1) is 20.6. The van der Waals surface area contributed by atoms with Gasteiger partial charge in [-0.25, -0.2) is 13.6 Å². The summed E-state index contributed by atoms with van der Waals surface area (Å²) in [7, 11) is 2.11. The van der Waals surface area contributed by atoms with Gasteiger partial charge in [-0.3, -0.25) is 9.36 Å². The number of hydrogen-bond donors (Lipinski definition) is 0. The molecule has 2 saturated heterocycles. The number of carbonyl (C=O) groups excluding carboxylic acids is 1. The number of halogens is 3. The average Bonchev–Trinajstić information content (AvgIpc) is 2.97.